The molecule has 15 nitrogen and oxygen atoms in total. The molecular formula is C10H16N2O13P3Se. The van der Waals surface area contributed by atoms with Crippen LogP contribution in [0.4, 0.5) is 0 Å². The fourth-order valence-electron chi connectivity index (χ4n) is 2.30. The van der Waals surface area contributed by atoms with Gasteiger partial charge in [-0.3, -0.25) is 0 Å². The number of ether oxygens (including phenoxy) is 1. The monoisotopic (exact) mass is 545 g/mol. The normalized spacial score (nSPS) is 26.8. The van der Waals surface area contributed by atoms with Gasteiger partial charge in [-0.25, -0.2) is 0 Å². The number of nitrogens with one attached hydrogen (secondary N) is 1. The minimum atomic E-state index is -5.45. The maximum atomic E-state index is 12.1. The van der Waals surface area contributed by atoms with E-state index >= 15 is 0 Å². The van der Waals surface area contributed by atoms with Crippen molar-refractivity contribution in [2.75, 3.05) is 6.61 Å². The first-order valence-corrected chi connectivity index (χ1v) is 14.3. The molecule has 1 aliphatic heterocycles. The Morgan fingerprint density at radius 2 is 1.90 bits per heavy atom. The summed E-state index contributed by atoms with van der Waals surface area (Å²) in [6.07, 6.45) is -6.75. The van der Waals surface area contributed by atoms with E-state index in [1.54, 1.807) is 0 Å². The van der Waals surface area contributed by atoms with E-state index in [0.717, 1.165) is 4.57 Å². The summed E-state index contributed by atoms with van der Waals surface area (Å²) in [7, 11) is -10.9. The Bertz CT molecular complexity index is 1020. The van der Waals surface area contributed by atoms with Crippen LogP contribution in [0.3, 0.4) is 0 Å². The van der Waals surface area contributed by atoms with Gasteiger partial charge in [-0.15, -0.1) is 0 Å². The van der Waals surface area contributed by atoms with Crippen LogP contribution in [0.5, 0.6) is 0 Å². The molecule has 0 amide bonds. The molecule has 1 saturated heterocycles. The molecule has 2 heterocycles. The van der Waals surface area contributed by atoms with Gasteiger partial charge in [0, 0.05) is 0 Å². The fraction of sp³-hybridized carbons (Fsp3) is 0.600. The Kier molecular flexibility index (Phi) is 7.69. The SMILES string of the molecule is Cc1cn([C@H]2C[C@H](O)[C@@H](COP(=O)([Se])OP(=O)(O)OP(=O)(O)O)O2)c(=O)[nH]c1=O. The van der Waals surface area contributed by atoms with E-state index in [1.807, 2.05) is 15.6 Å². The number of aryl methyl sites for hydroxylation is 1. The predicted molar refractivity (Wildman–Crippen MR) is 93.9 cm³/mol. The fourth-order valence-corrected chi connectivity index (χ4v) is 7.27. The third kappa shape index (κ3) is 7.34. The molecule has 0 bridgehead atoms. The molecule has 19 heteroatoms. The Labute approximate surface area is 169 Å². The van der Waals surface area contributed by atoms with Gasteiger partial charge in [0.25, 0.3) is 0 Å². The van der Waals surface area contributed by atoms with Gasteiger partial charge in [0.1, 0.15) is 0 Å². The molecule has 0 saturated carbocycles. The molecule has 1 aromatic rings. The van der Waals surface area contributed by atoms with Gasteiger partial charge >= 0.3 is 169 Å². The standard InChI is InChI=1S/C10H16N2O13P3Se/c1-5-3-12(10(15)11-9(5)14)8-2-6(13)7(23-8)4-22-28(21,29)25-27(19,20)24-26(16,17)18/h3,6-8,13H,2,4H2,1H3,(H,19,20)(H,11,14,15)(H2,16,17,18)/t6-,7+,8+,28?/m0/s1. The van der Waals surface area contributed by atoms with Crippen molar-refractivity contribution < 1.29 is 51.4 Å². The van der Waals surface area contributed by atoms with E-state index in [1.165, 1.54) is 13.1 Å². The summed E-state index contributed by atoms with van der Waals surface area (Å²) >= 11 is 1.81. The van der Waals surface area contributed by atoms with Crippen LogP contribution < -0.4 is 11.2 Å². The Balaban J connectivity index is 2.03. The van der Waals surface area contributed by atoms with E-state index < -0.39 is 58.2 Å². The Morgan fingerprint density at radius 3 is 2.48 bits per heavy atom. The van der Waals surface area contributed by atoms with Crippen molar-refractivity contribution in [3.63, 3.8) is 0 Å². The van der Waals surface area contributed by atoms with Gasteiger partial charge in [-0.05, 0) is 0 Å². The van der Waals surface area contributed by atoms with Crippen molar-refractivity contribution in [2.24, 2.45) is 0 Å². The van der Waals surface area contributed by atoms with Crippen molar-refractivity contribution in [2.45, 2.75) is 31.8 Å². The number of hydrogen-bond donors (Lipinski definition) is 5. The molecule has 5 atom stereocenters. The van der Waals surface area contributed by atoms with Crippen molar-refractivity contribution in [1.29, 1.82) is 0 Å². The van der Waals surface area contributed by atoms with Gasteiger partial charge < -0.3 is 0 Å². The van der Waals surface area contributed by atoms with E-state index in [4.69, 9.17) is 19.0 Å². The molecule has 5 N–H and O–H groups in total. The first-order valence-electron chi connectivity index (χ1n) is 7.51. The van der Waals surface area contributed by atoms with Crippen molar-refractivity contribution in [3.05, 3.63) is 32.6 Å². The molecule has 2 unspecified atom stereocenters. The van der Waals surface area contributed by atoms with Crippen LogP contribution in [-0.4, -0.2) is 63.7 Å². The molecule has 165 valence electrons. The van der Waals surface area contributed by atoms with Gasteiger partial charge in [-0.2, -0.15) is 0 Å². The number of aromatic amines is 1. The number of aliphatic hydroxyl groups excluding tert-OH is 1. The summed E-state index contributed by atoms with van der Waals surface area (Å²) in [6, 6.07) is 0. The number of nitrogens with zero attached hydrogens (tertiary/aromatic N) is 1. The van der Waals surface area contributed by atoms with Crippen LogP contribution in [0.25, 0.3) is 0 Å². The average Bonchev–Trinajstić information content (AvgIpc) is 2.86. The van der Waals surface area contributed by atoms with Gasteiger partial charge in [-0.1, -0.05) is 0 Å². The maximum absolute atomic E-state index is 12.1. The first-order chi connectivity index (χ1) is 13.1. The van der Waals surface area contributed by atoms with E-state index in [-0.39, 0.29) is 12.0 Å². The number of H-pyrrole nitrogens is 1. The topological polar surface area (TPSA) is 224 Å². The number of hydrogen-bond acceptors (Lipinski definition) is 10. The first kappa shape index (κ1) is 24.8. The second-order valence-electron chi connectivity index (χ2n) is 5.78. The van der Waals surface area contributed by atoms with Crippen molar-refractivity contribution >= 4 is 37.5 Å². The molecule has 0 spiro atoms. The Hall–Kier alpha value is -0.431. The molecule has 0 aliphatic carbocycles. The minimum absolute atomic E-state index is 0.0994. The van der Waals surface area contributed by atoms with Crippen molar-refractivity contribution in [3.8, 4) is 0 Å². The zero-order valence-corrected chi connectivity index (χ0v) is 18.8. The predicted octanol–water partition coefficient (Wildman–Crippen LogP) is -0.987. The zero-order chi connectivity index (χ0) is 22.2. The summed E-state index contributed by atoms with van der Waals surface area (Å²) in [5.41, 5.74) is -1.16. The van der Waals surface area contributed by atoms with Crippen LogP contribution >= 0.6 is 21.9 Å². The number of phosphoric acid groups is 2. The van der Waals surface area contributed by atoms with Gasteiger partial charge in [0.15, 0.2) is 0 Å². The van der Waals surface area contributed by atoms with Crippen LogP contribution in [0.1, 0.15) is 18.2 Å². The Morgan fingerprint density at radius 1 is 1.28 bits per heavy atom. The molecule has 0 aromatic carbocycles. The molecule has 1 fully saturated rings. The van der Waals surface area contributed by atoms with Gasteiger partial charge in [0.2, 0.25) is 0 Å². The number of aromatic nitrogens is 2. The van der Waals surface area contributed by atoms with E-state index in [9.17, 15) is 33.3 Å². The zero-order valence-electron chi connectivity index (χ0n) is 14.4. The number of aliphatic hydroxyl groups is 1. The molecule has 1 radical (unpaired) electrons. The van der Waals surface area contributed by atoms with Crippen LogP contribution in [0.2, 0.25) is 0 Å². The second kappa shape index (κ2) is 8.97. The summed E-state index contributed by atoms with van der Waals surface area (Å²) in [5, 5.41) is 10.1. The van der Waals surface area contributed by atoms with Crippen LogP contribution in [0.15, 0.2) is 15.8 Å². The summed E-state index contributed by atoms with van der Waals surface area (Å²) in [6.45, 7) is 0.795. The average molecular weight is 544 g/mol. The van der Waals surface area contributed by atoms with Crippen LogP contribution in [0, 0.1) is 6.92 Å². The van der Waals surface area contributed by atoms with Crippen molar-refractivity contribution in [1.82, 2.24) is 9.55 Å². The number of rotatable bonds is 8. The molecule has 2 rings (SSSR count). The second-order valence-corrected chi connectivity index (χ2v) is 13.0. The van der Waals surface area contributed by atoms with E-state index in [2.05, 4.69) is 13.6 Å². The summed E-state index contributed by atoms with van der Waals surface area (Å²) in [5.74, 6) is 0. The third-order valence-corrected chi connectivity index (χ3v) is 9.16. The summed E-state index contributed by atoms with van der Waals surface area (Å²) in [4.78, 5) is 51.6. The molecule has 29 heavy (non-hydrogen) atoms. The summed E-state index contributed by atoms with van der Waals surface area (Å²) < 4.78 is 52.9. The van der Waals surface area contributed by atoms with Gasteiger partial charge in [0.05, 0.1) is 0 Å². The molecule has 1 aliphatic rings. The molecular weight excluding hydrogens is 528 g/mol. The third-order valence-electron chi connectivity index (χ3n) is 3.47. The van der Waals surface area contributed by atoms with Crippen LogP contribution in [-0.2, 0) is 31.6 Å². The molecule has 1 aromatic heterocycles. The quantitative estimate of drug-likeness (QED) is 0.196. The van der Waals surface area contributed by atoms with E-state index in [0.29, 0.717) is 0 Å².